The van der Waals surface area contributed by atoms with Crippen LogP contribution < -0.4 is 10.6 Å². The number of aryl methyl sites for hydroxylation is 1. The Kier molecular flexibility index (Phi) is 4.77. The van der Waals surface area contributed by atoms with Gasteiger partial charge in [-0.3, -0.25) is 0 Å². The van der Waals surface area contributed by atoms with Gasteiger partial charge in [0, 0.05) is 38.1 Å². The number of nitrogens with zero attached hydrogens (tertiary/aromatic N) is 1. The number of ether oxygens (including phenoxy) is 1. The van der Waals surface area contributed by atoms with Gasteiger partial charge >= 0.3 is 0 Å². The molecule has 1 aromatic carbocycles. The quantitative estimate of drug-likeness (QED) is 0.859. The molecule has 1 aromatic rings. The van der Waals surface area contributed by atoms with E-state index in [9.17, 15) is 0 Å². The first-order valence-corrected chi connectivity index (χ1v) is 7.18. The van der Waals surface area contributed by atoms with Crippen molar-refractivity contribution < 1.29 is 4.74 Å². The van der Waals surface area contributed by atoms with Crippen LogP contribution >= 0.6 is 12.2 Å². The molecule has 0 unspecified atom stereocenters. The molecule has 19 heavy (non-hydrogen) atoms. The van der Waals surface area contributed by atoms with E-state index in [1.807, 2.05) is 0 Å². The maximum absolute atomic E-state index is 5.84. The highest BCUT2D eigenvalue weighted by Gasteiger charge is 2.18. The smallest absolute Gasteiger partial charge is 0.106 e. The fraction of sp³-hybridized carbons (Fsp3) is 0.533. The van der Waals surface area contributed by atoms with Crippen LogP contribution in [0.15, 0.2) is 18.2 Å². The molecule has 0 saturated carbocycles. The van der Waals surface area contributed by atoms with E-state index in [0.29, 0.717) is 10.9 Å². The van der Waals surface area contributed by atoms with E-state index in [-0.39, 0.29) is 0 Å². The number of hydrogen-bond donors (Lipinski definition) is 1. The summed E-state index contributed by atoms with van der Waals surface area (Å²) >= 11 is 5.16. The van der Waals surface area contributed by atoms with Gasteiger partial charge < -0.3 is 15.4 Å². The van der Waals surface area contributed by atoms with Crippen LogP contribution in [0.3, 0.4) is 0 Å². The maximum Gasteiger partial charge on any atom is 0.106 e. The summed E-state index contributed by atoms with van der Waals surface area (Å²) in [6.07, 6.45) is 2.28. The van der Waals surface area contributed by atoms with Crippen molar-refractivity contribution in [3.8, 4) is 0 Å². The van der Waals surface area contributed by atoms with Gasteiger partial charge in [0.1, 0.15) is 4.99 Å². The number of anilines is 1. The normalized spacial score (nSPS) is 16.3. The summed E-state index contributed by atoms with van der Waals surface area (Å²) < 4.78 is 5.41. The summed E-state index contributed by atoms with van der Waals surface area (Å²) in [5, 5.41) is 0. The first-order valence-electron chi connectivity index (χ1n) is 6.77. The van der Waals surface area contributed by atoms with Gasteiger partial charge in [-0.25, -0.2) is 0 Å². The Balaban J connectivity index is 2.13. The fourth-order valence-corrected chi connectivity index (χ4v) is 2.76. The zero-order valence-corrected chi connectivity index (χ0v) is 12.5. The van der Waals surface area contributed by atoms with Crippen LogP contribution in [0.25, 0.3) is 0 Å². The molecule has 1 aliphatic rings. The minimum Gasteiger partial charge on any atom is -0.389 e. The third-order valence-corrected chi connectivity index (χ3v) is 3.92. The van der Waals surface area contributed by atoms with E-state index < -0.39 is 0 Å². The van der Waals surface area contributed by atoms with Gasteiger partial charge in [0.25, 0.3) is 0 Å². The standard InChI is InChI=1S/C15H22N2OS/c1-11-3-4-14(13(9-11)15(16)19)17(2)10-12-5-7-18-8-6-12/h3-4,9,12H,5-8,10H2,1-2H3,(H2,16,19). The molecular weight excluding hydrogens is 256 g/mol. The second kappa shape index (κ2) is 6.35. The lowest BCUT2D eigenvalue weighted by atomic mass is 9.99. The lowest BCUT2D eigenvalue weighted by Crippen LogP contribution is -2.31. The molecule has 2 rings (SSSR count). The number of hydrogen-bond acceptors (Lipinski definition) is 3. The minimum absolute atomic E-state index is 0.470. The molecule has 0 amide bonds. The van der Waals surface area contributed by atoms with Crippen molar-refractivity contribution >= 4 is 22.9 Å². The zero-order chi connectivity index (χ0) is 13.8. The van der Waals surface area contributed by atoms with Gasteiger partial charge in [-0.1, -0.05) is 23.8 Å². The van der Waals surface area contributed by atoms with Crippen LogP contribution in [0.4, 0.5) is 5.69 Å². The third kappa shape index (κ3) is 3.67. The van der Waals surface area contributed by atoms with E-state index in [1.54, 1.807) is 0 Å². The maximum atomic E-state index is 5.84. The molecule has 0 spiro atoms. The van der Waals surface area contributed by atoms with Crippen LogP contribution in [0.2, 0.25) is 0 Å². The predicted octanol–water partition coefficient (Wildman–Crippen LogP) is 2.49. The lowest BCUT2D eigenvalue weighted by molar-refractivity contribution is 0.0685. The molecule has 4 heteroatoms. The molecule has 1 aliphatic heterocycles. The SMILES string of the molecule is Cc1ccc(N(C)CC2CCOCC2)c(C(N)=S)c1. The number of benzene rings is 1. The topological polar surface area (TPSA) is 38.5 Å². The zero-order valence-electron chi connectivity index (χ0n) is 11.7. The average Bonchev–Trinajstić information content (AvgIpc) is 2.39. The van der Waals surface area contributed by atoms with Crippen LogP contribution in [0.5, 0.6) is 0 Å². The lowest BCUT2D eigenvalue weighted by Gasteiger charge is -2.29. The summed E-state index contributed by atoms with van der Waals surface area (Å²) in [7, 11) is 2.11. The van der Waals surface area contributed by atoms with Crippen LogP contribution in [0.1, 0.15) is 24.0 Å². The largest absolute Gasteiger partial charge is 0.389 e. The average molecular weight is 278 g/mol. The van der Waals surface area contributed by atoms with Crippen LogP contribution in [0, 0.1) is 12.8 Å². The molecular formula is C15H22N2OS. The monoisotopic (exact) mass is 278 g/mol. The molecule has 0 radical (unpaired) electrons. The molecule has 0 aliphatic carbocycles. The van der Waals surface area contributed by atoms with Crippen molar-refractivity contribution in [2.24, 2.45) is 11.7 Å². The van der Waals surface area contributed by atoms with Gasteiger partial charge in [-0.05, 0) is 37.8 Å². The Hall–Kier alpha value is -1.13. The van der Waals surface area contributed by atoms with Gasteiger partial charge in [-0.2, -0.15) is 0 Å². The van der Waals surface area contributed by atoms with E-state index in [0.717, 1.165) is 43.9 Å². The molecule has 1 heterocycles. The van der Waals surface area contributed by atoms with E-state index >= 15 is 0 Å². The number of thiocarbonyl (C=S) groups is 1. The second-order valence-corrected chi connectivity index (χ2v) is 5.76. The second-order valence-electron chi connectivity index (χ2n) is 5.32. The molecule has 0 atom stereocenters. The third-order valence-electron chi connectivity index (χ3n) is 3.70. The van der Waals surface area contributed by atoms with Crippen molar-refractivity contribution in [2.45, 2.75) is 19.8 Å². The summed E-state index contributed by atoms with van der Waals surface area (Å²) in [4.78, 5) is 2.74. The molecule has 104 valence electrons. The summed E-state index contributed by atoms with van der Waals surface area (Å²) in [5.74, 6) is 0.694. The molecule has 2 N–H and O–H groups in total. The predicted molar refractivity (Wildman–Crippen MR) is 83.9 cm³/mol. The Bertz CT molecular complexity index is 455. The van der Waals surface area contributed by atoms with Gasteiger partial charge in [0.05, 0.1) is 0 Å². The first-order chi connectivity index (χ1) is 9.08. The van der Waals surface area contributed by atoms with Crippen molar-refractivity contribution in [2.75, 3.05) is 31.7 Å². The summed E-state index contributed by atoms with van der Waals surface area (Å²) in [6.45, 7) is 4.86. The van der Waals surface area contributed by atoms with E-state index in [2.05, 4.69) is 37.1 Å². The van der Waals surface area contributed by atoms with Gasteiger partial charge in [-0.15, -0.1) is 0 Å². The Morgan fingerprint density at radius 1 is 1.42 bits per heavy atom. The first kappa shape index (κ1) is 14.3. The van der Waals surface area contributed by atoms with Crippen molar-refractivity contribution in [1.82, 2.24) is 0 Å². The van der Waals surface area contributed by atoms with E-state index in [1.165, 1.54) is 5.56 Å². The van der Waals surface area contributed by atoms with Gasteiger partial charge in [0.2, 0.25) is 0 Å². The highest BCUT2D eigenvalue weighted by atomic mass is 32.1. The molecule has 1 saturated heterocycles. The van der Waals surface area contributed by atoms with E-state index in [4.69, 9.17) is 22.7 Å². The Morgan fingerprint density at radius 2 is 2.11 bits per heavy atom. The Morgan fingerprint density at radius 3 is 2.74 bits per heavy atom. The van der Waals surface area contributed by atoms with Gasteiger partial charge in [0.15, 0.2) is 0 Å². The highest BCUT2D eigenvalue weighted by Crippen LogP contribution is 2.24. The summed E-state index contributed by atoms with van der Waals surface area (Å²) in [6, 6.07) is 6.29. The van der Waals surface area contributed by atoms with Crippen molar-refractivity contribution in [3.63, 3.8) is 0 Å². The number of nitrogens with two attached hydrogens (primary N) is 1. The molecule has 1 fully saturated rings. The minimum atomic E-state index is 0.470. The van der Waals surface area contributed by atoms with Crippen LogP contribution in [-0.2, 0) is 4.74 Å². The summed E-state index contributed by atoms with van der Waals surface area (Å²) in [5.41, 5.74) is 9.13. The molecule has 0 aromatic heterocycles. The molecule has 3 nitrogen and oxygen atoms in total. The Labute approximate surface area is 120 Å². The fourth-order valence-electron chi connectivity index (χ4n) is 2.59. The molecule has 0 bridgehead atoms. The van der Waals surface area contributed by atoms with Crippen molar-refractivity contribution in [1.29, 1.82) is 0 Å². The number of rotatable bonds is 4. The van der Waals surface area contributed by atoms with Crippen molar-refractivity contribution in [3.05, 3.63) is 29.3 Å². The van der Waals surface area contributed by atoms with Crippen LogP contribution in [-0.4, -0.2) is 31.8 Å². The highest BCUT2D eigenvalue weighted by molar-refractivity contribution is 7.80.